The van der Waals surface area contributed by atoms with Gasteiger partial charge in [-0.3, -0.25) is 0 Å². The number of nitrogen functional groups attached to an aromatic ring is 1. The van der Waals surface area contributed by atoms with Crippen molar-refractivity contribution in [1.29, 1.82) is 0 Å². The molecule has 3 aromatic heterocycles. The molecule has 4 heterocycles. The Balaban J connectivity index is 1.88. The van der Waals surface area contributed by atoms with Gasteiger partial charge in [0, 0.05) is 16.9 Å². The zero-order valence-electron chi connectivity index (χ0n) is 13.3. The third kappa shape index (κ3) is 2.34. The second-order valence-electron chi connectivity index (χ2n) is 5.85. The third-order valence-corrected chi connectivity index (χ3v) is 4.29. The minimum Gasteiger partial charge on any atom is -0.393 e. The van der Waals surface area contributed by atoms with Gasteiger partial charge in [0.05, 0.1) is 24.6 Å². The SMILES string of the molecule is [N-]=[N+]=N[C@@]1(CO)C[C@H](O)[C@H](c2cc(-c3cn[nH]n3)c3c(N)ncnn23)O1. The van der Waals surface area contributed by atoms with Crippen molar-refractivity contribution in [3.05, 3.63) is 34.7 Å². The molecule has 0 unspecified atom stereocenters. The van der Waals surface area contributed by atoms with E-state index in [-0.39, 0.29) is 12.2 Å². The summed E-state index contributed by atoms with van der Waals surface area (Å²) in [4.78, 5) is 6.69. The molecule has 0 aromatic carbocycles. The van der Waals surface area contributed by atoms with Gasteiger partial charge < -0.3 is 20.7 Å². The van der Waals surface area contributed by atoms with Crippen LogP contribution in [0.2, 0.25) is 0 Å². The standard InChI is InChI=1S/C13H14N10O3/c14-12-10-6(7-3-17-22-19-7)1-8(23(10)18-5-16-12)11-9(25)2-13(4-24,26-11)20-21-15/h1,3,5,9,11,24-25H,2,4H2,(H2,14,16,18)(H,17,19,22)/t9-,11-,13-/m0/s1. The van der Waals surface area contributed by atoms with Crippen LogP contribution in [0.15, 0.2) is 23.7 Å². The van der Waals surface area contributed by atoms with E-state index < -0.39 is 24.5 Å². The lowest BCUT2D eigenvalue weighted by Gasteiger charge is -2.20. The Morgan fingerprint density at radius 3 is 3.12 bits per heavy atom. The number of anilines is 1. The van der Waals surface area contributed by atoms with Crippen molar-refractivity contribution in [2.45, 2.75) is 24.4 Å². The molecule has 13 nitrogen and oxygen atoms in total. The van der Waals surface area contributed by atoms with E-state index in [1.54, 1.807) is 6.07 Å². The summed E-state index contributed by atoms with van der Waals surface area (Å²) in [7, 11) is 0. The van der Waals surface area contributed by atoms with Gasteiger partial charge in [-0.1, -0.05) is 5.11 Å². The molecule has 3 atom stereocenters. The fourth-order valence-corrected chi connectivity index (χ4v) is 3.16. The maximum absolute atomic E-state index is 10.5. The first-order valence-electron chi connectivity index (χ1n) is 7.60. The number of rotatable bonds is 4. The lowest BCUT2D eigenvalue weighted by Crippen LogP contribution is -2.29. The summed E-state index contributed by atoms with van der Waals surface area (Å²) >= 11 is 0. The minimum absolute atomic E-state index is 0.0642. The predicted octanol–water partition coefficient (Wildman–Crippen LogP) is -0.0822. The first-order chi connectivity index (χ1) is 12.6. The van der Waals surface area contributed by atoms with Crippen molar-refractivity contribution in [1.82, 2.24) is 30.0 Å². The van der Waals surface area contributed by atoms with Crippen LogP contribution in [-0.2, 0) is 4.74 Å². The monoisotopic (exact) mass is 358 g/mol. The Morgan fingerprint density at radius 2 is 2.42 bits per heavy atom. The summed E-state index contributed by atoms with van der Waals surface area (Å²) in [5, 5.41) is 38.1. The number of hydrogen-bond donors (Lipinski definition) is 4. The number of azide groups is 1. The van der Waals surface area contributed by atoms with Crippen LogP contribution in [0.25, 0.3) is 27.2 Å². The van der Waals surface area contributed by atoms with E-state index >= 15 is 0 Å². The summed E-state index contributed by atoms with van der Waals surface area (Å²) < 4.78 is 7.21. The molecule has 0 amide bonds. The average Bonchev–Trinajstić information content (AvgIpc) is 3.33. The molecule has 0 radical (unpaired) electrons. The van der Waals surface area contributed by atoms with Crippen LogP contribution in [0.5, 0.6) is 0 Å². The number of nitrogens with two attached hydrogens (primary N) is 1. The van der Waals surface area contributed by atoms with Gasteiger partial charge >= 0.3 is 0 Å². The molecule has 5 N–H and O–H groups in total. The minimum atomic E-state index is -1.55. The summed E-state index contributed by atoms with van der Waals surface area (Å²) in [6.45, 7) is -0.568. The van der Waals surface area contributed by atoms with E-state index in [2.05, 4.69) is 35.5 Å². The predicted molar refractivity (Wildman–Crippen MR) is 86.2 cm³/mol. The number of hydrogen-bond acceptors (Lipinski definition) is 9. The summed E-state index contributed by atoms with van der Waals surface area (Å²) in [6, 6.07) is 1.69. The highest BCUT2D eigenvalue weighted by Gasteiger charge is 2.47. The van der Waals surface area contributed by atoms with E-state index in [0.29, 0.717) is 22.5 Å². The van der Waals surface area contributed by atoms with Crippen molar-refractivity contribution >= 4 is 11.3 Å². The Hall–Kier alpha value is -3.25. The largest absolute Gasteiger partial charge is 0.393 e. The quantitative estimate of drug-likeness (QED) is 0.282. The Bertz CT molecular complexity index is 995. The molecule has 0 bridgehead atoms. The van der Waals surface area contributed by atoms with Gasteiger partial charge in [0.25, 0.3) is 0 Å². The number of aliphatic hydroxyl groups is 2. The van der Waals surface area contributed by atoms with E-state index in [0.717, 1.165) is 0 Å². The van der Waals surface area contributed by atoms with Crippen molar-refractivity contribution in [3.63, 3.8) is 0 Å². The molecule has 134 valence electrons. The summed E-state index contributed by atoms with van der Waals surface area (Å²) in [5.74, 6) is 0.209. The highest BCUT2D eigenvalue weighted by molar-refractivity contribution is 5.86. The van der Waals surface area contributed by atoms with Crippen molar-refractivity contribution in [3.8, 4) is 11.3 Å². The number of aromatic nitrogens is 6. The van der Waals surface area contributed by atoms with Gasteiger partial charge in [-0.25, -0.2) is 9.50 Å². The van der Waals surface area contributed by atoms with Crippen LogP contribution in [0.3, 0.4) is 0 Å². The average molecular weight is 358 g/mol. The molecule has 0 saturated carbocycles. The lowest BCUT2D eigenvalue weighted by atomic mass is 10.1. The zero-order chi connectivity index (χ0) is 18.3. The molecule has 0 spiro atoms. The first kappa shape index (κ1) is 16.2. The lowest BCUT2D eigenvalue weighted by molar-refractivity contribution is -0.0788. The summed E-state index contributed by atoms with van der Waals surface area (Å²) in [6.07, 6.45) is 0.773. The van der Waals surface area contributed by atoms with E-state index in [1.807, 2.05) is 0 Å². The normalized spacial score (nSPS) is 25.5. The van der Waals surface area contributed by atoms with E-state index in [1.165, 1.54) is 17.0 Å². The zero-order valence-corrected chi connectivity index (χ0v) is 13.3. The smallest absolute Gasteiger partial charge is 0.173 e. The highest BCUT2D eigenvalue weighted by atomic mass is 16.6. The molecule has 0 aliphatic carbocycles. The number of nitrogens with one attached hydrogen (secondary N) is 1. The van der Waals surface area contributed by atoms with Crippen LogP contribution in [0.4, 0.5) is 5.82 Å². The van der Waals surface area contributed by atoms with Crippen molar-refractivity contribution in [2.24, 2.45) is 5.11 Å². The van der Waals surface area contributed by atoms with E-state index in [9.17, 15) is 10.2 Å². The van der Waals surface area contributed by atoms with Crippen LogP contribution >= 0.6 is 0 Å². The van der Waals surface area contributed by atoms with Crippen LogP contribution < -0.4 is 5.73 Å². The maximum Gasteiger partial charge on any atom is 0.173 e. The maximum atomic E-state index is 10.5. The number of H-pyrrole nitrogens is 1. The molecule has 13 heteroatoms. The van der Waals surface area contributed by atoms with E-state index in [4.69, 9.17) is 16.0 Å². The van der Waals surface area contributed by atoms with Gasteiger partial charge in [0.15, 0.2) is 11.5 Å². The van der Waals surface area contributed by atoms with Gasteiger partial charge in [-0.2, -0.15) is 20.5 Å². The number of aliphatic hydroxyl groups excluding tert-OH is 2. The van der Waals surface area contributed by atoms with Crippen molar-refractivity contribution < 1.29 is 14.9 Å². The Labute approximate surface area is 145 Å². The van der Waals surface area contributed by atoms with Gasteiger partial charge in [-0.05, 0) is 11.6 Å². The number of nitrogens with zero attached hydrogens (tertiary/aromatic N) is 8. The van der Waals surface area contributed by atoms with Gasteiger partial charge in [-0.15, -0.1) is 0 Å². The highest BCUT2D eigenvalue weighted by Crippen LogP contribution is 2.43. The Kier molecular flexibility index (Phi) is 3.70. The molecule has 3 aromatic rings. The molecular formula is C13H14N10O3. The van der Waals surface area contributed by atoms with Crippen LogP contribution in [0.1, 0.15) is 18.2 Å². The molecule has 1 aliphatic heterocycles. The van der Waals surface area contributed by atoms with Gasteiger partial charge in [0.2, 0.25) is 0 Å². The van der Waals surface area contributed by atoms with Crippen LogP contribution in [0, 0.1) is 0 Å². The molecule has 1 fully saturated rings. The number of ether oxygens (including phenoxy) is 1. The van der Waals surface area contributed by atoms with Crippen LogP contribution in [-0.4, -0.2) is 58.7 Å². The topological polar surface area (TPSA) is 196 Å². The molecule has 1 saturated heterocycles. The van der Waals surface area contributed by atoms with Crippen molar-refractivity contribution in [2.75, 3.05) is 12.3 Å². The fourth-order valence-electron chi connectivity index (χ4n) is 3.16. The fraction of sp³-hybridized carbons (Fsp3) is 0.385. The number of aromatic amines is 1. The molecular weight excluding hydrogens is 344 g/mol. The summed E-state index contributed by atoms with van der Waals surface area (Å²) in [5.41, 5.74) is 15.2. The second kappa shape index (κ2) is 5.93. The Morgan fingerprint density at radius 1 is 1.58 bits per heavy atom. The van der Waals surface area contributed by atoms with Gasteiger partial charge in [0.1, 0.15) is 23.6 Å². The molecule has 26 heavy (non-hydrogen) atoms. The molecule has 4 rings (SSSR count). The third-order valence-electron chi connectivity index (χ3n) is 4.29. The first-order valence-corrected chi connectivity index (χ1v) is 7.60. The molecule has 1 aliphatic rings. The number of fused-ring (bicyclic) bond motifs is 1. The second-order valence-corrected chi connectivity index (χ2v) is 5.85.